The van der Waals surface area contributed by atoms with Gasteiger partial charge in [-0.15, -0.1) is 0 Å². The molecule has 3 atom stereocenters. The number of anilines is 2. The number of amides is 5. The molecule has 0 bridgehead atoms. The molecule has 1 aliphatic rings. The van der Waals surface area contributed by atoms with Gasteiger partial charge in [0.15, 0.2) is 0 Å². The van der Waals surface area contributed by atoms with Gasteiger partial charge in [0.05, 0.1) is 31.3 Å². The van der Waals surface area contributed by atoms with Crippen LogP contribution in [0, 0.1) is 5.92 Å². The number of aliphatic hydroxyl groups excluding tert-OH is 1. The third-order valence-electron chi connectivity index (χ3n) is 7.42. The molecule has 0 aliphatic carbocycles. The fraction of sp³-hybridized carbons (Fsp3) is 0.406. The highest BCUT2D eigenvalue weighted by Crippen LogP contribution is 2.30. The lowest BCUT2D eigenvalue weighted by atomic mass is 10.0. The quantitative estimate of drug-likeness (QED) is 0.326. The average molecular weight is 576 g/mol. The Kier molecular flexibility index (Phi) is 9.90. The van der Waals surface area contributed by atoms with E-state index in [-0.39, 0.29) is 36.9 Å². The van der Waals surface area contributed by atoms with Gasteiger partial charge in [-0.3, -0.25) is 4.79 Å². The molecule has 1 heterocycles. The number of carbonyl (C=O) groups excluding carboxylic acids is 3. The number of urea groups is 2. The topological polar surface area (TPSA) is 123 Å². The summed E-state index contributed by atoms with van der Waals surface area (Å²) in [6.45, 7) is 8.05. The average Bonchev–Trinajstić information content (AvgIpc) is 2.99. The number of likely N-dealkylation sites (N-methyl/N-ethyl adjacent to an activating group) is 1. The van der Waals surface area contributed by atoms with E-state index in [2.05, 4.69) is 16.0 Å². The summed E-state index contributed by atoms with van der Waals surface area (Å²) in [5.41, 5.74) is 1.79. The van der Waals surface area contributed by atoms with Crippen LogP contribution in [0.15, 0.2) is 60.7 Å². The Labute approximate surface area is 247 Å². The van der Waals surface area contributed by atoms with Crippen LogP contribution in [0.4, 0.5) is 21.0 Å². The number of carbonyl (C=O) groups is 3. The second kappa shape index (κ2) is 13.6. The van der Waals surface area contributed by atoms with Crippen molar-refractivity contribution in [3.05, 3.63) is 66.2 Å². The molecule has 0 saturated heterocycles. The van der Waals surface area contributed by atoms with Crippen LogP contribution in [0.2, 0.25) is 0 Å². The van der Waals surface area contributed by atoms with Gasteiger partial charge in [0.2, 0.25) is 5.91 Å². The predicted molar refractivity (Wildman–Crippen MR) is 165 cm³/mol. The van der Waals surface area contributed by atoms with E-state index in [0.717, 1.165) is 10.8 Å². The minimum absolute atomic E-state index is 0.0122. The number of benzene rings is 3. The number of ether oxygens (including phenoxy) is 1. The molecule has 0 unspecified atom stereocenters. The van der Waals surface area contributed by atoms with Gasteiger partial charge >= 0.3 is 12.1 Å². The van der Waals surface area contributed by atoms with E-state index in [4.69, 9.17) is 4.74 Å². The number of fused-ring (bicyclic) bond motifs is 2. The lowest BCUT2D eigenvalue weighted by Crippen LogP contribution is -2.49. The van der Waals surface area contributed by atoms with E-state index in [9.17, 15) is 19.5 Å². The Morgan fingerprint density at radius 3 is 2.55 bits per heavy atom. The van der Waals surface area contributed by atoms with Crippen molar-refractivity contribution in [1.82, 2.24) is 15.1 Å². The van der Waals surface area contributed by atoms with Crippen LogP contribution in [0.25, 0.3) is 10.8 Å². The Morgan fingerprint density at radius 1 is 1.07 bits per heavy atom. The SMILES string of the molecule is CC(C)NC(=O)N(C)C[C@H]1Oc2ccc(NC(=O)Nc3cccc4ccccc34)cc2CC(=O)N([C@@H](C)CO)C[C@H]1C. The zero-order valence-corrected chi connectivity index (χ0v) is 24.9. The van der Waals surface area contributed by atoms with Gasteiger partial charge in [-0.2, -0.15) is 0 Å². The summed E-state index contributed by atoms with van der Waals surface area (Å²) in [7, 11) is 1.71. The van der Waals surface area contributed by atoms with Crippen molar-refractivity contribution in [2.45, 2.75) is 52.3 Å². The summed E-state index contributed by atoms with van der Waals surface area (Å²) in [5.74, 6) is 0.209. The molecule has 0 spiro atoms. The fourth-order valence-electron chi connectivity index (χ4n) is 5.05. The predicted octanol–water partition coefficient (Wildman–Crippen LogP) is 4.68. The molecular formula is C32H41N5O5. The van der Waals surface area contributed by atoms with Crippen molar-refractivity contribution in [3.8, 4) is 5.75 Å². The Bertz CT molecular complexity index is 1420. The first-order chi connectivity index (χ1) is 20.0. The van der Waals surface area contributed by atoms with Crippen molar-refractivity contribution in [3.63, 3.8) is 0 Å². The molecule has 3 aromatic rings. The van der Waals surface area contributed by atoms with E-state index >= 15 is 0 Å². The molecule has 0 fully saturated rings. The first-order valence-corrected chi connectivity index (χ1v) is 14.3. The standard InChI is InChI=1S/C32H41N5O5/c1-20(2)33-32(41)36(5)18-29-21(3)17-37(22(4)19-38)30(39)16-24-15-25(13-14-28(24)42-29)34-31(40)35-27-12-8-10-23-9-6-7-11-26(23)27/h6-15,20-22,29,38H,16-19H2,1-5H3,(H,33,41)(H2,34,35,40)/t21-,22+,29-/m1/s1. The van der Waals surface area contributed by atoms with Gasteiger partial charge in [-0.1, -0.05) is 43.3 Å². The van der Waals surface area contributed by atoms with E-state index < -0.39 is 18.2 Å². The Balaban J connectivity index is 1.58. The summed E-state index contributed by atoms with van der Waals surface area (Å²) < 4.78 is 6.48. The van der Waals surface area contributed by atoms with Crippen LogP contribution in [0.5, 0.6) is 5.75 Å². The van der Waals surface area contributed by atoms with Crippen molar-refractivity contribution < 1.29 is 24.2 Å². The molecule has 10 heteroatoms. The van der Waals surface area contributed by atoms with Crippen LogP contribution < -0.4 is 20.7 Å². The number of nitrogens with one attached hydrogen (secondary N) is 3. The molecular weight excluding hydrogens is 534 g/mol. The first kappa shape index (κ1) is 30.6. The zero-order valence-electron chi connectivity index (χ0n) is 24.9. The third-order valence-corrected chi connectivity index (χ3v) is 7.42. The molecule has 1 aliphatic heterocycles. The zero-order chi connectivity index (χ0) is 30.4. The lowest BCUT2D eigenvalue weighted by Gasteiger charge is -2.34. The first-order valence-electron chi connectivity index (χ1n) is 14.3. The normalized spacial score (nSPS) is 17.8. The van der Waals surface area contributed by atoms with E-state index in [1.807, 2.05) is 63.2 Å². The molecule has 10 nitrogen and oxygen atoms in total. The molecule has 3 aromatic carbocycles. The monoisotopic (exact) mass is 575 g/mol. The third kappa shape index (κ3) is 7.50. The highest BCUT2D eigenvalue weighted by atomic mass is 16.5. The van der Waals surface area contributed by atoms with Crippen molar-refractivity contribution in [2.75, 3.05) is 37.4 Å². The molecule has 4 N–H and O–H groups in total. The Hall–Kier alpha value is -4.31. The number of hydrogen-bond donors (Lipinski definition) is 4. The summed E-state index contributed by atoms with van der Waals surface area (Å²) in [6.07, 6.45) is -0.400. The van der Waals surface area contributed by atoms with Gasteiger partial charge in [0, 0.05) is 42.2 Å². The second-order valence-corrected chi connectivity index (χ2v) is 11.3. The van der Waals surface area contributed by atoms with Gasteiger partial charge in [-0.05, 0) is 50.4 Å². The second-order valence-electron chi connectivity index (χ2n) is 11.3. The van der Waals surface area contributed by atoms with Crippen molar-refractivity contribution >= 4 is 40.1 Å². The number of nitrogens with zero attached hydrogens (tertiary/aromatic N) is 2. The molecule has 224 valence electrons. The van der Waals surface area contributed by atoms with Gasteiger partial charge in [-0.25, -0.2) is 9.59 Å². The van der Waals surface area contributed by atoms with Crippen LogP contribution in [0.1, 0.15) is 33.3 Å². The van der Waals surface area contributed by atoms with Gasteiger partial charge in [0.25, 0.3) is 0 Å². The largest absolute Gasteiger partial charge is 0.488 e. The molecule has 0 saturated carbocycles. The molecule has 5 amide bonds. The highest BCUT2D eigenvalue weighted by Gasteiger charge is 2.32. The number of hydrogen-bond acceptors (Lipinski definition) is 5. The van der Waals surface area contributed by atoms with Crippen LogP contribution in [-0.2, 0) is 11.2 Å². The maximum atomic E-state index is 13.5. The van der Waals surface area contributed by atoms with E-state index in [0.29, 0.717) is 35.8 Å². The molecule has 4 rings (SSSR count). The Morgan fingerprint density at radius 2 is 1.81 bits per heavy atom. The summed E-state index contributed by atoms with van der Waals surface area (Å²) in [6, 6.07) is 17.7. The maximum Gasteiger partial charge on any atom is 0.323 e. The minimum atomic E-state index is -0.431. The summed E-state index contributed by atoms with van der Waals surface area (Å²) >= 11 is 0. The van der Waals surface area contributed by atoms with E-state index in [1.54, 1.807) is 42.0 Å². The molecule has 0 radical (unpaired) electrons. The number of rotatable bonds is 7. The fourth-order valence-corrected chi connectivity index (χ4v) is 5.05. The lowest BCUT2D eigenvalue weighted by molar-refractivity contribution is -0.134. The smallest absolute Gasteiger partial charge is 0.323 e. The highest BCUT2D eigenvalue weighted by molar-refractivity contribution is 6.06. The summed E-state index contributed by atoms with van der Waals surface area (Å²) in [5, 5.41) is 20.5. The van der Waals surface area contributed by atoms with E-state index in [1.165, 1.54) is 0 Å². The van der Waals surface area contributed by atoms with Crippen LogP contribution in [0.3, 0.4) is 0 Å². The van der Waals surface area contributed by atoms with Crippen LogP contribution in [-0.4, -0.2) is 77.8 Å². The maximum absolute atomic E-state index is 13.5. The number of aliphatic hydroxyl groups is 1. The summed E-state index contributed by atoms with van der Waals surface area (Å²) in [4.78, 5) is 42.3. The molecule has 42 heavy (non-hydrogen) atoms. The van der Waals surface area contributed by atoms with Crippen molar-refractivity contribution in [2.24, 2.45) is 5.92 Å². The minimum Gasteiger partial charge on any atom is -0.488 e. The molecule has 0 aromatic heterocycles. The van der Waals surface area contributed by atoms with Gasteiger partial charge < -0.3 is 35.6 Å². The van der Waals surface area contributed by atoms with Crippen LogP contribution >= 0.6 is 0 Å². The van der Waals surface area contributed by atoms with Crippen molar-refractivity contribution in [1.29, 1.82) is 0 Å². The van der Waals surface area contributed by atoms with Gasteiger partial charge in [0.1, 0.15) is 11.9 Å².